The molecular formula is C14H26N2O3. The van der Waals surface area contributed by atoms with Gasteiger partial charge in [0.05, 0.1) is 0 Å². The Balaban J connectivity index is 3.88. The van der Waals surface area contributed by atoms with Crippen LogP contribution >= 0.6 is 0 Å². The number of aliphatic carboxylic acids is 1. The fraction of sp³-hybridized carbons (Fsp3) is 0.714. The highest BCUT2D eigenvalue weighted by Crippen LogP contribution is 2.09. The van der Waals surface area contributed by atoms with Gasteiger partial charge in [0.15, 0.2) is 0 Å². The Hall–Kier alpha value is -1.52. The van der Waals surface area contributed by atoms with Crippen molar-refractivity contribution in [2.75, 3.05) is 19.6 Å². The van der Waals surface area contributed by atoms with Gasteiger partial charge in [0.25, 0.3) is 0 Å². The molecule has 0 saturated heterocycles. The van der Waals surface area contributed by atoms with Crippen LogP contribution in [0.1, 0.15) is 40.0 Å². The summed E-state index contributed by atoms with van der Waals surface area (Å²) in [4.78, 5) is 24.0. The van der Waals surface area contributed by atoms with Crippen LogP contribution in [0.15, 0.2) is 12.2 Å². The number of nitrogens with zero attached hydrogens (tertiary/aromatic N) is 1. The van der Waals surface area contributed by atoms with E-state index in [2.05, 4.69) is 11.9 Å². The lowest BCUT2D eigenvalue weighted by Gasteiger charge is -2.22. The summed E-state index contributed by atoms with van der Waals surface area (Å²) in [7, 11) is 0. The van der Waals surface area contributed by atoms with E-state index < -0.39 is 5.97 Å². The van der Waals surface area contributed by atoms with Gasteiger partial charge in [0.2, 0.25) is 0 Å². The Bertz CT molecular complexity index is 316. The minimum Gasteiger partial charge on any atom is -0.481 e. The fourth-order valence-electron chi connectivity index (χ4n) is 1.70. The molecule has 19 heavy (non-hydrogen) atoms. The van der Waals surface area contributed by atoms with Gasteiger partial charge < -0.3 is 15.3 Å². The van der Waals surface area contributed by atoms with Crippen LogP contribution in [0.3, 0.4) is 0 Å². The van der Waals surface area contributed by atoms with E-state index in [0.29, 0.717) is 32.0 Å². The van der Waals surface area contributed by atoms with E-state index in [0.717, 1.165) is 12.0 Å². The summed E-state index contributed by atoms with van der Waals surface area (Å²) in [5.41, 5.74) is 0.951. The van der Waals surface area contributed by atoms with Crippen molar-refractivity contribution in [2.45, 2.75) is 40.0 Å². The van der Waals surface area contributed by atoms with Crippen LogP contribution in [0, 0.1) is 5.92 Å². The standard InChI is InChI=1S/C14H26N2O3/c1-5-16(10-11(2)3)14(19)15-9-8-12(4)6-7-13(17)18/h12H,2,5-10H2,1,3-4H3,(H,15,19)(H,17,18). The maximum absolute atomic E-state index is 11.8. The highest BCUT2D eigenvalue weighted by Gasteiger charge is 2.11. The van der Waals surface area contributed by atoms with Gasteiger partial charge in [0.1, 0.15) is 0 Å². The molecule has 1 unspecified atom stereocenters. The molecule has 2 amide bonds. The molecule has 0 aromatic rings. The summed E-state index contributed by atoms with van der Waals surface area (Å²) >= 11 is 0. The van der Waals surface area contributed by atoms with Crippen LogP contribution in [-0.2, 0) is 4.79 Å². The van der Waals surface area contributed by atoms with Gasteiger partial charge in [0, 0.05) is 26.1 Å². The van der Waals surface area contributed by atoms with Gasteiger partial charge in [-0.3, -0.25) is 4.79 Å². The van der Waals surface area contributed by atoms with Crippen LogP contribution in [-0.4, -0.2) is 41.6 Å². The van der Waals surface area contributed by atoms with E-state index in [1.54, 1.807) is 4.90 Å². The summed E-state index contributed by atoms with van der Waals surface area (Å²) in [6.45, 7) is 11.4. The molecular weight excluding hydrogens is 244 g/mol. The van der Waals surface area contributed by atoms with Crippen LogP contribution in [0.25, 0.3) is 0 Å². The first kappa shape index (κ1) is 17.5. The Morgan fingerprint density at radius 1 is 1.37 bits per heavy atom. The first-order chi connectivity index (χ1) is 8.86. The summed E-state index contributed by atoms with van der Waals surface area (Å²) in [5.74, 6) is -0.470. The fourth-order valence-corrected chi connectivity index (χ4v) is 1.70. The van der Waals surface area contributed by atoms with Gasteiger partial charge in [-0.25, -0.2) is 4.79 Å². The lowest BCUT2D eigenvalue weighted by atomic mass is 10.0. The molecule has 0 saturated carbocycles. The molecule has 0 aliphatic heterocycles. The highest BCUT2D eigenvalue weighted by atomic mass is 16.4. The Morgan fingerprint density at radius 2 is 2.00 bits per heavy atom. The normalized spacial score (nSPS) is 11.7. The van der Waals surface area contributed by atoms with Gasteiger partial charge >= 0.3 is 12.0 Å². The number of carboxylic acids is 1. The predicted octanol–water partition coefficient (Wildman–Crippen LogP) is 2.49. The Kier molecular flexibility index (Phi) is 8.66. The van der Waals surface area contributed by atoms with Gasteiger partial charge in [-0.2, -0.15) is 0 Å². The van der Waals surface area contributed by atoms with E-state index in [-0.39, 0.29) is 12.5 Å². The smallest absolute Gasteiger partial charge is 0.317 e. The largest absolute Gasteiger partial charge is 0.481 e. The number of likely N-dealkylation sites (N-methyl/N-ethyl adjacent to an activating group) is 1. The van der Waals surface area contributed by atoms with Crippen molar-refractivity contribution < 1.29 is 14.7 Å². The third-order valence-corrected chi connectivity index (χ3v) is 2.89. The summed E-state index contributed by atoms with van der Waals surface area (Å²) in [5, 5.41) is 11.4. The predicted molar refractivity (Wildman–Crippen MR) is 76.1 cm³/mol. The third kappa shape index (κ3) is 9.11. The zero-order valence-corrected chi connectivity index (χ0v) is 12.2. The summed E-state index contributed by atoms with van der Waals surface area (Å²) < 4.78 is 0. The maximum Gasteiger partial charge on any atom is 0.317 e. The third-order valence-electron chi connectivity index (χ3n) is 2.89. The number of carbonyl (C=O) groups is 2. The number of urea groups is 1. The second kappa shape index (κ2) is 9.42. The molecule has 0 aliphatic carbocycles. The van der Waals surface area contributed by atoms with Crippen LogP contribution in [0.5, 0.6) is 0 Å². The topological polar surface area (TPSA) is 69.6 Å². The van der Waals surface area contributed by atoms with Crippen molar-refractivity contribution in [2.24, 2.45) is 5.92 Å². The van der Waals surface area contributed by atoms with Crippen molar-refractivity contribution >= 4 is 12.0 Å². The Labute approximate surface area is 115 Å². The van der Waals surface area contributed by atoms with Crippen LogP contribution < -0.4 is 5.32 Å². The van der Waals surface area contributed by atoms with Crippen molar-refractivity contribution in [3.05, 3.63) is 12.2 Å². The molecule has 0 aliphatic rings. The summed E-state index contributed by atoms with van der Waals surface area (Å²) in [6.07, 6.45) is 1.63. The Morgan fingerprint density at radius 3 is 2.47 bits per heavy atom. The molecule has 0 aromatic heterocycles. The number of rotatable bonds is 9. The monoisotopic (exact) mass is 270 g/mol. The average molecular weight is 270 g/mol. The second-order valence-electron chi connectivity index (χ2n) is 5.03. The molecule has 0 radical (unpaired) electrons. The van der Waals surface area contributed by atoms with Gasteiger partial charge in [-0.1, -0.05) is 19.1 Å². The average Bonchev–Trinajstić information content (AvgIpc) is 2.32. The molecule has 0 spiro atoms. The van der Waals surface area contributed by atoms with E-state index >= 15 is 0 Å². The molecule has 0 aromatic carbocycles. The first-order valence-corrected chi connectivity index (χ1v) is 6.75. The van der Waals surface area contributed by atoms with Crippen LogP contribution in [0.2, 0.25) is 0 Å². The molecule has 1 atom stereocenters. The first-order valence-electron chi connectivity index (χ1n) is 6.75. The van der Waals surface area contributed by atoms with E-state index in [1.807, 2.05) is 20.8 Å². The van der Waals surface area contributed by atoms with E-state index in [4.69, 9.17) is 5.11 Å². The molecule has 0 heterocycles. The highest BCUT2D eigenvalue weighted by molar-refractivity contribution is 5.74. The number of hydrogen-bond donors (Lipinski definition) is 2. The number of hydrogen-bond acceptors (Lipinski definition) is 2. The van der Waals surface area contributed by atoms with Gasteiger partial charge in [-0.15, -0.1) is 0 Å². The molecule has 0 bridgehead atoms. The van der Waals surface area contributed by atoms with E-state index in [9.17, 15) is 9.59 Å². The minimum absolute atomic E-state index is 0.0871. The number of carboxylic acid groups (broad SMARTS) is 1. The molecule has 5 heteroatoms. The van der Waals surface area contributed by atoms with Crippen molar-refractivity contribution in [1.82, 2.24) is 10.2 Å². The quantitative estimate of drug-likeness (QED) is 0.632. The second-order valence-corrected chi connectivity index (χ2v) is 5.03. The summed E-state index contributed by atoms with van der Waals surface area (Å²) in [6, 6.07) is -0.0871. The van der Waals surface area contributed by atoms with Crippen molar-refractivity contribution in [1.29, 1.82) is 0 Å². The lowest BCUT2D eigenvalue weighted by Crippen LogP contribution is -2.41. The molecule has 5 nitrogen and oxygen atoms in total. The molecule has 0 fully saturated rings. The number of amides is 2. The van der Waals surface area contributed by atoms with Gasteiger partial charge in [-0.05, 0) is 32.6 Å². The zero-order valence-electron chi connectivity index (χ0n) is 12.2. The number of carbonyl (C=O) groups excluding carboxylic acids is 1. The molecule has 110 valence electrons. The van der Waals surface area contributed by atoms with Crippen molar-refractivity contribution in [3.8, 4) is 0 Å². The van der Waals surface area contributed by atoms with Crippen LogP contribution in [0.4, 0.5) is 4.79 Å². The van der Waals surface area contributed by atoms with E-state index in [1.165, 1.54) is 0 Å². The SMILES string of the molecule is C=C(C)CN(CC)C(=O)NCCC(C)CCC(=O)O. The molecule has 2 N–H and O–H groups in total. The lowest BCUT2D eigenvalue weighted by molar-refractivity contribution is -0.137. The molecule has 0 rings (SSSR count). The zero-order chi connectivity index (χ0) is 14.8. The number of nitrogens with one attached hydrogen (secondary N) is 1. The maximum atomic E-state index is 11.8. The van der Waals surface area contributed by atoms with Crippen molar-refractivity contribution in [3.63, 3.8) is 0 Å². The minimum atomic E-state index is -0.769.